The average Bonchev–Trinajstić information content (AvgIpc) is 3.51. The second kappa shape index (κ2) is 10.6. The second-order valence-electron chi connectivity index (χ2n) is 8.58. The molecule has 10 nitrogen and oxygen atoms in total. The highest BCUT2D eigenvalue weighted by Crippen LogP contribution is 2.39. The zero-order valence-electron chi connectivity index (χ0n) is 19.4. The molecule has 1 aliphatic rings. The Balaban J connectivity index is 1.56. The van der Waals surface area contributed by atoms with Crippen molar-refractivity contribution in [3.05, 3.63) is 74.3 Å². The Labute approximate surface area is 232 Å². The maximum Gasteiger partial charge on any atom is 0.178 e. The van der Waals surface area contributed by atoms with Gasteiger partial charge in [-0.1, -0.05) is 28.4 Å². The molecule has 1 fully saturated rings. The summed E-state index contributed by atoms with van der Waals surface area (Å²) in [5.41, 5.74) is 0.226. The van der Waals surface area contributed by atoms with E-state index in [1.54, 1.807) is 25.1 Å². The van der Waals surface area contributed by atoms with E-state index in [0.717, 1.165) is 4.68 Å². The minimum atomic E-state index is -1.49. The molecule has 1 aliphatic heterocycles. The van der Waals surface area contributed by atoms with Crippen LogP contribution in [0.4, 0.5) is 8.78 Å². The highest BCUT2D eigenvalue weighted by Gasteiger charge is 2.48. The van der Waals surface area contributed by atoms with Crippen LogP contribution in [0, 0.1) is 18.6 Å². The molecule has 2 aromatic carbocycles. The number of aliphatic hydroxyl groups is 3. The van der Waals surface area contributed by atoms with Crippen molar-refractivity contribution in [1.29, 1.82) is 0 Å². The molecule has 0 unspecified atom stereocenters. The van der Waals surface area contributed by atoms with Crippen LogP contribution in [0.2, 0.25) is 10.0 Å². The first-order valence-electron chi connectivity index (χ1n) is 11.2. The van der Waals surface area contributed by atoms with Crippen molar-refractivity contribution in [3.63, 3.8) is 0 Å². The molecule has 0 radical (unpaired) electrons. The molecule has 4 aromatic rings. The van der Waals surface area contributed by atoms with Gasteiger partial charge in [0.15, 0.2) is 17.5 Å². The van der Waals surface area contributed by atoms with Gasteiger partial charge in [-0.3, -0.25) is 0 Å². The number of ether oxygens (including phenoxy) is 1. The van der Waals surface area contributed by atoms with Crippen molar-refractivity contribution in [2.45, 2.75) is 37.4 Å². The molecule has 1 saturated heterocycles. The van der Waals surface area contributed by atoms with Crippen LogP contribution >= 0.6 is 39.1 Å². The van der Waals surface area contributed by atoms with Gasteiger partial charge in [0.1, 0.15) is 42.0 Å². The van der Waals surface area contributed by atoms with Gasteiger partial charge in [0, 0.05) is 15.1 Å². The van der Waals surface area contributed by atoms with Crippen LogP contribution in [0.1, 0.15) is 23.8 Å². The van der Waals surface area contributed by atoms with E-state index in [4.69, 9.17) is 27.9 Å². The Morgan fingerprint density at radius 3 is 2.61 bits per heavy atom. The molecule has 0 saturated carbocycles. The Kier molecular flexibility index (Phi) is 7.52. The Bertz CT molecular complexity index is 1500. The van der Waals surface area contributed by atoms with E-state index < -0.39 is 53.7 Å². The van der Waals surface area contributed by atoms with Crippen LogP contribution in [0.25, 0.3) is 16.9 Å². The van der Waals surface area contributed by atoms with Gasteiger partial charge in [-0.25, -0.2) is 23.1 Å². The monoisotopic (exact) mass is 630 g/mol. The molecule has 2 aromatic heterocycles. The van der Waals surface area contributed by atoms with Gasteiger partial charge in [0.25, 0.3) is 0 Å². The number of rotatable bonds is 5. The Morgan fingerprint density at radius 2 is 1.87 bits per heavy atom. The molecule has 15 heteroatoms. The largest absolute Gasteiger partial charge is 0.394 e. The smallest absolute Gasteiger partial charge is 0.178 e. The zero-order valence-corrected chi connectivity index (χ0v) is 22.5. The third-order valence-electron chi connectivity index (χ3n) is 6.15. The lowest BCUT2D eigenvalue weighted by molar-refractivity contribution is -0.210. The topological polar surface area (TPSA) is 131 Å². The minimum Gasteiger partial charge on any atom is -0.394 e. The third kappa shape index (κ3) is 4.72. The second-order valence-corrected chi connectivity index (χ2v) is 10.3. The molecule has 0 amide bonds. The van der Waals surface area contributed by atoms with Crippen molar-refractivity contribution in [3.8, 4) is 16.9 Å². The molecule has 200 valence electrons. The van der Waals surface area contributed by atoms with E-state index in [1.807, 2.05) is 0 Å². The van der Waals surface area contributed by atoms with E-state index >= 15 is 0 Å². The van der Waals surface area contributed by atoms with Crippen molar-refractivity contribution in [2.75, 3.05) is 6.61 Å². The SMILES string of the molecule is Cc1nc([C@@H]2O[C@H](CO)[C@H](O)[C@H](n3cc(-c4ccc(Cl)c(F)c4F)nn3)[C@H]2O)n(-c2cc(Cl)ccc2Br)n1. The van der Waals surface area contributed by atoms with Gasteiger partial charge in [0.05, 0.1) is 23.5 Å². The summed E-state index contributed by atoms with van der Waals surface area (Å²) in [6.07, 6.45) is -4.08. The summed E-state index contributed by atoms with van der Waals surface area (Å²) >= 11 is 15.3. The van der Waals surface area contributed by atoms with Gasteiger partial charge in [0.2, 0.25) is 0 Å². The van der Waals surface area contributed by atoms with E-state index in [0.29, 0.717) is 21.0 Å². The van der Waals surface area contributed by atoms with Crippen LogP contribution in [0.5, 0.6) is 0 Å². The average molecular weight is 632 g/mol. The number of aromatic nitrogens is 6. The lowest BCUT2D eigenvalue weighted by atomic mass is 9.92. The Hall–Kier alpha value is -2.52. The summed E-state index contributed by atoms with van der Waals surface area (Å²) in [5, 5.41) is 44.6. The number of halogens is 5. The molecule has 0 spiro atoms. The van der Waals surface area contributed by atoms with Crippen molar-refractivity contribution < 1.29 is 28.8 Å². The maximum atomic E-state index is 14.5. The summed E-state index contributed by atoms with van der Waals surface area (Å²) < 4.78 is 37.6. The minimum absolute atomic E-state index is 0.0667. The van der Waals surface area contributed by atoms with Crippen molar-refractivity contribution in [1.82, 2.24) is 29.8 Å². The first kappa shape index (κ1) is 27.1. The third-order valence-corrected chi connectivity index (χ3v) is 7.35. The number of hydrogen-bond donors (Lipinski definition) is 3. The normalized spacial score (nSPS) is 23.7. The highest BCUT2D eigenvalue weighted by molar-refractivity contribution is 9.10. The van der Waals surface area contributed by atoms with E-state index in [1.165, 1.54) is 23.0 Å². The van der Waals surface area contributed by atoms with Gasteiger partial charge in [-0.2, -0.15) is 5.10 Å². The molecular formula is C23H19BrCl2F2N6O4. The van der Waals surface area contributed by atoms with E-state index in [2.05, 4.69) is 36.3 Å². The fraction of sp³-hybridized carbons (Fsp3) is 0.304. The molecular weight excluding hydrogens is 613 g/mol. The molecule has 38 heavy (non-hydrogen) atoms. The standard InChI is InChI=1S/C23H19BrCl2F2N6O4/c1-9-29-23(34(31-9)15-6-10(25)2-4-12(15)24)22-21(37)19(20(36)16(8-35)38-22)33-7-14(30-32-33)11-3-5-13(26)18(28)17(11)27/h2-7,16,19-22,35-37H,8H2,1H3/t16-,19+,20+,21-,22-/m1/s1. The quantitative estimate of drug-likeness (QED) is 0.285. The lowest BCUT2D eigenvalue weighted by Crippen LogP contribution is -2.53. The van der Waals surface area contributed by atoms with E-state index in [9.17, 15) is 24.1 Å². The van der Waals surface area contributed by atoms with Crippen molar-refractivity contribution in [2.24, 2.45) is 0 Å². The Morgan fingerprint density at radius 1 is 1.11 bits per heavy atom. The van der Waals surface area contributed by atoms with Crippen molar-refractivity contribution >= 4 is 39.1 Å². The summed E-state index contributed by atoms with van der Waals surface area (Å²) in [6.45, 7) is 1.04. The van der Waals surface area contributed by atoms with Gasteiger partial charge in [-0.05, 0) is 53.2 Å². The first-order chi connectivity index (χ1) is 18.1. The summed E-state index contributed by atoms with van der Waals surface area (Å²) in [6, 6.07) is 6.22. The lowest BCUT2D eigenvalue weighted by Gasteiger charge is -2.41. The maximum absolute atomic E-state index is 14.5. The number of aliphatic hydroxyl groups excluding tert-OH is 3. The highest BCUT2D eigenvalue weighted by atomic mass is 79.9. The molecule has 3 N–H and O–H groups in total. The molecule has 5 atom stereocenters. The fourth-order valence-corrected chi connectivity index (χ4v) is 5.07. The molecule has 0 aliphatic carbocycles. The van der Waals surface area contributed by atoms with E-state index in [-0.39, 0.29) is 17.1 Å². The van der Waals surface area contributed by atoms with Crippen LogP contribution in [-0.4, -0.2) is 70.0 Å². The van der Waals surface area contributed by atoms with Crippen LogP contribution in [-0.2, 0) is 4.74 Å². The van der Waals surface area contributed by atoms with Crippen LogP contribution < -0.4 is 0 Å². The van der Waals surface area contributed by atoms with Crippen LogP contribution in [0.15, 0.2) is 41.0 Å². The predicted molar refractivity (Wildman–Crippen MR) is 135 cm³/mol. The predicted octanol–water partition coefficient (Wildman–Crippen LogP) is 3.58. The van der Waals surface area contributed by atoms with Gasteiger partial charge in [-0.15, -0.1) is 5.10 Å². The number of benzene rings is 2. The number of aryl methyl sites for hydroxylation is 1. The fourth-order valence-electron chi connectivity index (χ4n) is 4.34. The number of nitrogens with zero attached hydrogens (tertiary/aromatic N) is 6. The molecule has 0 bridgehead atoms. The first-order valence-corrected chi connectivity index (χ1v) is 12.7. The molecule has 5 rings (SSSR count). The summed E-state index contributed by atoms with van der Waals surface area (Å²) in [4.78, 5) is 4.43. The summed E-state index contributed by atoms with van der Waals surface area (Å²) in [5.74, 6) is -1.94. The summed E-state index contributed by atoms with van der Waals surface area (Å²) in [7, 11) is 0. The number of hydrogen-bond acceptors (Lipinski definition) is 8. The molecule has 3 heterocycles. The van der Waals surface area contributed by atoms with Gasteiger partial charge < -0.3 is 20.1 Å². The zero-order chi connectivity index (χ0) is 27.3. The van der Waals surface area contributed by atoms with Gasteiger partial charge >= 0.3 is 0 Å². The van der Waals surface area contributed by atoms with Crippen LogP contribution in [0.3, 0.4) is 0 Å².